The molecule has 33 heteroatoms. The number of benzene rings is 2. The number of sulfonamides is 2. The van der Waals surface area contributed by atoms with Crippen LogP contribution in [0.2, 0.25) is 0 Å². The van der Waals surface area contributed by atoms with E-state index in [9.17, 15) is 57.9 Å². The van der Waals surface area contributed by atoms with E-state index in [2.05, 4.69) is 55.9 Å². The number of alkyl halides is 6. The number of hydrogen-bond acceptors (Lipinski definition) is 20. The molecule has 0 radical (unpaired) electrons. The number of aromatic nitrogens is 10. The zero-order chi connectivity index (χ0) is 58.0. The molecule has 8 rings (SSSR count). The van der Waals surface area contributed by atoms with Crippen molar-refractivity contribution in [3.8, 4) is 56.9 Å². The minimum Gasteiger partial charge on any atom is -0.497 e. The molecule has 0 spiro atoms. The number of carboxylic acids is 1. The second-order valence-electron chi connectivity index (χ2n) is 15.9. The molecule has 0 unspecified atom stereocenters. The number of aromatic carboxylic acids is 1. The number of nitrogens with one attached hydrogen (secondary N) is 3. The molecule has 25 nitrogen and oxygen atoms in total. The average Bonchev–Trinajstić information content (AvgIpc) is 4.30. The smallest absolute Gasteiger partial charge is 0.435 e. The quantitative estimate of drug-likeness (QED) is 0.0703. The molecular weight excluding hydrogens is 1100 g/mol. The van der Waals surface area contributed by atoms with Gasteiger partial charge in [0.1, 0.15) is 23.0 Å². The Bertz CT molecular complexity index is 3700. The van der Waals surface area contributed by atoms with Crippen LogP contribution < -0.4 is 39.4 Å². The Kier molecular flexibility index (Phi) is 18.0. The molecule has 0 aliphatic carbocycles. The molecular formula is C46H42F6N14O11S2. The number of carboxylic acid groups (broad SMARTS) is 1. The lowest BCUT2D eigenvalue weighted by molar-refractivity contribution is -0.142. The molecule has 416 valence electrons. The fourth-order valence-electron chi connectivity index (χ4n) is 6.47. The third kappa shape index (κ3) is 16.5. The van der Waals surface area contributed by atoms with E-state index in [-0.39, 0.29) is 56.9 Å². The predicted molar refractivity (Wildman–Crippen MR) is 269 cm³/mol. The van der Waals surface area contributed by atoms with Gasteiger partial charge in [-0.1, -0.05) is 0 Å². The number of primary sulfonamides is 1. The van der Waals surface area contributed by atoms with Gasteiger partial charge in [0.2, 0.25) is 31.9 Å². The van der Waals surface area contributed by atoms with E-state index in [4.69, 9.17) is 18.9 Å². The number of anilines is 4. The number of amides is 1. The van der Waals surface area contributed by atoms with Gasteiger partial charge < -0.3 is 34.7 Å². The first kappa shape index (κ1) is 58.8. The SMILES string of the molecule is COc1cc(Nc2ncc(-c3cncc(C(=O)NS(C)(=O)=O)c3)c(-n3ccc(C(F)(F)F)n3)n2)cc(OC)c1.COc1cc(Nc2ncc(-c3cncc(C(=O)O)c3)c(-n3ccc(C(F)(F)F)n3)n2)cc(OC)c1.CS(N)(=O)=O. The third-order valence-electron chi connectivity index (χ3n) is 9.83. The van der Waals surface area contributed by atoms with E-state index in [1.807, 2.05) is 4.72 Å². The van der Waals surface area contributed by atoms with Gasteiger partial charge in [-0.15, -0.1) is 0 Å². The van der Waals surface area contributed by atoms with Crippen LogP contribution in [0.4, 0.5) is 49.6 Å². The van der Waals surface area contributed by atoms with Crippen molar-refractivity contribution in [1.29, 1.82) is 0 Å². The Labute approximate surface area is 443 Å². The Morgan fingerprint density at radius 3 is 1.28 bits per heavy atom. The highest BCUT2D eigenvalue weighted by Crippen LogP contribution is 2.34. The van der Waals surface area contributed by atoms with Crippen LogP contribution in [-0.2, 0) is 32.4 Å². The molecule has 6 heterocycles. The minimum atomic E-state index is -4.71. The Morgan fingerprint density at radius 2 is 0.949 bits per heavy atom. The summed E-state index contributed by atoms with van der Waals surface area (Å²) >= 11 is 0. The predicted octanol–water partition coefficient (Wildman–Crippen LogP) is 6.30. The lowest BCUT2D eigenvalue weighted by Crippen LogP contribution is -2.29. The van der Waals surface area contributed by atoms with Gasteiger partial charge in [-0.2, -0.15) is 46.5 Å². The Hall–Kier alpha value is -9.50. The van der Waals surface area contributed by atoms with Crippen LogP contribution in [0.5, 0.6) is 23.0 Å². The fourth-order valence-corrected chi connectivity index (χ4v) is 6.92. The lowest BCUT2D eigenvalue weighted by Gasteiger charge is -2.13. The number of rotatable bonds is 15. The van der Waals surface area contributed by atoms with E-state index in [1.54, 1.807) is 36.4 Å². The van der Waals surface area contributed by atoms with Crippen LogP contribution in [-0.4, -0.2) is 124 Å². The van der Waals surface area contributed by atoms with E-state index >= 15 is 0 Å². The first-order valence-corrected chi connectivity index (χ1v) is 25.5. The number of hydrogen-bond donors (Lipinski definition) is 5. The highest BCUT2D eigenvalue weighted by molar-refractivity contribution is 7.89. The maximum absolute atomic E-state index is 13.3. The monoisotopic (exact) mass is 1140 g/mol. The van der Waals surface area contributed by atoms with E-state index in [0.717, 1.165) is 58.8 Å². The summed E-state index contributed by atoms with van der Waals surface area (Å²) in [6.45, 7) is 0. The molecule has 0 bridgehead atoms. The molecule has 6 aromatic heterocycles. The largest absolute Gasteiger partial charge is 0.497 e. The average molecular weight is 1150 g/mol. The first-order valence-electron chi connectivity index (χ1n) is 21.7. The number of ether oxygens (including phenoxy) is 4. The topological polar surface area (TPSA) is 335 Å². The second kappa shape index (κ2) is 24.2. The van der Waals surface area contributed by atoms with E-state index in [0.29, 0.717) is 34.4 Å². The molecule has 0 saturated heterocycles. The van der Waals surface area contributed by atoms with Crippen molar-refractivity contribution in [2.75, 3.05) is 51.6 Å². The molecule has 8 aromatic rings. The highest BCUT2D eigenvalue weighted by Gasteiger charge is 2.35. The summed E-state index contributed by atoms with van der Waals surface area (Å²) in [4.78, 5) is 48.8. The van der Waals surface area contributed by atoms with Crippen molar-refractivity contribution in [2.24, 2.45) is 5.14 Å². The van der Waals surface area contributed by atoms with Crippen molar-refractivity contribution in [2.45, 2.75) is 12.4 Å². The standard InChI is InChI=1S/C23H20F3N7O5S.C22H17F3N6O4.CH5NO2S/c1-37-16-7-15(8-17(9-16)38-2)29-22-28-12-18(20(30-22)33-5-4-19(31-33)23(24,25)26)13-6-14(11-27-10-13)21(34)32-39(3,35)36;1-34-15-6-14(7-16(8-15)35-2)28-21-27-11-17(12-5-13(20(32)33)10-26-9-12)19(29-21)31-4-3-18(30-31)22(23,24)25;1-5(2,3)4/h4-12H,1-3H3,(H,32,34)(H,28,29,30);3-11H,1-2H3,(H,32,33)(H,27,28,29);1H3,(H2,2,3,4). The van der Waals surface area contributed by atoms with Crippen molar-refractivity contribution in [3.05, 3.63) is 133 Å². The van der Waals surface area contributed by atoms with Crippen molar-refractivity contribution in [3.63, 3.8) is 0 Å². The van der Waals surface area contributed by atoms with Gasteiger partial charge in [0.05, 0.1) is 52.1 Å². The molecule has 6 N–H and O–H groups in total. The first-order chi connectivity index (χ1) is 37.0. The lowest BCUT2D eigenvalue weighted by atomic mass is 10.1. The molecule has 0 atom stereocenters. The molecule has 0 aliphatic heterocycles. The Balaban J connectivity index is 0.000000236. The number of carbonyl (C=O) groups excluding carboxylic acids is 1. The molecule has 2 aromatic carbocycles. The second-order valence-corrected chi connectivity index (χ2v) is 19.3. The highest BCUT2D eigenvalue weighted by atomic mass is 32.2. The van der Waals surface area contributed by atoms with Crippen molar-refractivity contribution >= 4 is 55.2 Å². The normalized spacial score (nSPS) is 11.5. The Morgan fingerprint density at radius 1 is 0.582 bits per heavy atom. The maximum atomic E-state index is 13.3. The number of carbonyl (C=O) groups is 2. The van der Waals surface area contributed by atoms with Crippen LogP contribution in [0.15, 0.2) is 110 Å². The van der Waals surface area contributed by atoms with Crippen molar-refractivity contribution < 1.29 is 76.8 Å². The summed E-state index contributed by atoms with van der Waals surface area (Å²) in [7, 11) is -1.12. The van der Waals surface area contributed by atoms with E-state index in [1.165, 1.54) is 65.4 Å². The van der Waals surface area contributed by atoms with Crippen LogP contribution in [0.25, 0.3) is 33.9 Å². The minimum absolute atomic E-state index is 0.00736. The molecule has 1 amide bonds. The summed E-state index contributed by atoms with van der Waals surface area (Å²) in [6.07, 6.45) is 2.12. The van der Waals surface area contributed by atoms with Gasteiger partial charge >= 0.3 is 18.3 Å². The zero-order valence-corrected chi connectivity index (χ0v) is 43.2. The summed E-state index contributed by atoms with van der Waals surface area (Å²) in [5.41, 5.74) is -0.698. The number of nitrogens with two attached hydrogens (primary N) is 1. The number of halogens is 6. The molecule has 79 heavy (non-hydrogen) atoms. The van der Waals surface area contributed by atoms with Crippen LogP contribution >= 0.6 is 0 Å². The number of pyridine rings is 2. The van der Waals surface area contributed by atoms with Gasteiger partial charge in [0.15, 0.2) is 23.0 Å². The summed E-state index contributed by atoms with van der Waals surface area (Å²) in [5, 5.41) is 26.7. The third-order valence-corrected chi connectivity index (χ3v) is 10.4. The van der Waals surface area contributed by atoms with Crippen LogP contribution in [0, 0.1) is 0 Å². The van der Waals surface area contributed by atoms with E-state index < -0.39 is 55.7 Å². The van der Waals surface area contributed by atoms with Crippen LogP contribution in [0.3, 0.4) is 0 Å². The summed E-state index contributed by atoms with van der Waals surface area (Å²) in [5.74, 6) is -0.348. The summed E-state index contributed by atoms with van der Waals surface area (Å²) in [6, 6.07) is 14.0. The van der Waals surface area contributed by atoms with Gasteiger partial charge in [-0.05, 0) is 24.3 Å². The van der Waals surface area contributed by atoms with Crippen LogP contribution in [0.1, 0.15) is 32.1 Å². The maximum Gasteiger partial charge on any atom is 0.435 e. The van der Waals surface area contributed by atoms with Gasteiger partial charge in [-0.25, -0.2) is 50.8 Å². The molecule has 0 saturated carbocycles. The summed E-state index contributed by atoms with van der Waals surface area (Å²) < 4.78 is 146. The molecule has 0 fully saturated rings. The van der Waals surface area contributed by atoms with Gasteiger partial charge in [0.25, 0.3) is 5.91 Å². The van der Waals surface area contributed by atoms with Gasteiger partial charge in [-0.3, -0.25) is 14.8 Å². The van der Waals surface area contributed by atoms with Crippen molar-refractivity contribution in [1.82, 2.24) is 54.2 Å². The zero-order valence-electron chi connectivity index (χ0n) is 41.6. The number of methoxy groups -OCH3 is 4. The fraction of sp³-hybridized carbons (Fsp3) is 0.174. The molecule has 0 aliphatic rings. The van der Waals surface area contributed by atoms with Gasteiger partial charge in [0, 0.05) is 120 Å². The number of nitrogens with zero attached hydrogens (tertiary/aromatic N) is 10.